The molecule has 1 heterocycles. The third-order valence-electron chi connectivity index (χ3n) is 3.47. The summed E-state index contributed by atoms with van der Waals surface area (Å²) in [6.07, 6.45) is 1.74. The number of aryl methyl sites for hydroxylation is 1. The van der Waals surface area contributed by atoms with Crippen molar-refractivity contribution in [3.05, 3.63) is 64.9 Å². The second-order valence-corrected chi connectivity index (χ2v) is 5.53. The summed E-state index contributed by atoms with van der Waals surface area (Å²) in [6.45, 7) is 0. The highest BCUT2D eigenvalue weighted by molar-refractivity contribution is 6.30. The van der Waals surface area contributed by atoms with E-state index in [9.17, 15) is 4.79 Å². The van der Waals surface area contributed by atoms with Crippen LogP contribution in [0.4, 0.5) is 0 Å². The number of hydrogen-bond acceptors (Lipinski definition) is 3. The highest BCUT2D eigenvalue weighted by atomic mass is 35.5. The largest absolute Gasteiger partial charge is 0.331 e. The molecular weight excluding hydrogens is 312 g/mol. The summed E-state index contributed by atoms with van der Waals surface area (Å²) in [5.41, 5.74) is 5.25. The number of benzene rings is 2. The van der Waals surface area contributed by atoms with Gasteiger partial charge in [0.2, 0.25) is 5.91 Å². The number of hydrazone groups is 1. The van der Waals surface area contributed by atoms with Crippen molar-refractivity contribution in [3.63, 3.8) is 0 Å². The van der Waals surface area contributed by atoms with Crippen molar-refractivity contribution in [1.82, 2.24) is 15.0 Å². The van der Waals surface area contributed by atoms with Gasteiger partial charge in [-0.15, -0.1) is 0 Å². The van der Waals surface area contributed by atoms with Crippen molar-refractivity contribution < 1.29 is 4.79 Å². The minimum Gasteiger partial charge on any atom is -0.331 e. The molecule has 23 heavy (non-hydrogen) atoms. The lowest BCUT2D eigenvalue weighted by atomic mass is 10.2. The Labute approximate surface area is 138 Å². The van der Waals surface area contributed by atoms with Crippen LogP contribution >= 0.6 is 11.6 Å². The first-order chi connectivity index (χ1) is 11.1. The molecule has 0 aliphatic carbocycles. The van der Waals surface area contributed by atoms with E-state index >= 15 is 0 Å². The number of carbonyl (C=O) groups excluding carboxylic acids is 1. The number of amides is 1. The van der Waals surface area contributed by atoms with Gasteiger partial charge in [0.05, 0.1) is 23.7 Å². The minimum atomic E-state index is -0.214. The van der Waals surface area contributed by atoms with Crippen molar-refractivity contribution in [2.45, 2.75) is 6.42 Å². The number of imidazole rings is 1. The maximum Gasteiger partial charge on any atom is 0.247 e. The molecule has 0 atom stereocenters. The van der Waals surface area contributed by atoms with Crippen molar-refractivity contribution >= 4 is 34.8 Å². The quantitative estimate of drug-likeness (QED) is 0.592. The van der Waals surface area contributed by atoms with E-state index < -0.39 is 0 Å². The molecule has 0 spiro atoms. The third-order valence-corrected chi connectivity index (χ3v) is 3.72. The van der Waals surface area contributed by atoms with Gasteiger partial charge < -0.3 is 4.57 Å². The van der Waals surface area contributed by atoms with E-state index in [1.807, 2.05) is 48.0 Å². The van der Waals surface area contributed by atoms with Crippen LogP contribution in [0.2, 0.25) is 5.02 Å². The second-order valence-electron chi connectivity index (χ2n) is 5.10. The minimum absolute atomic E-state index is 0.170. The van der Waals surface area contributed by atoms with Crippen LogP contribution in [-0.2, 0) is 18.3 Å². The standard InChI is InChI=1S/C17H15ClN4O/c1-22-15-5-3-2-4-14(15)20-16(22)10-17(23)21-19-11-12-6-8-13(18)9-7-12/h2-9,11H,10H2,1H3,(H,21,23)/b19-11+. The lowest BCUT2D eigenvalue weighted by Gasteiger charge is -2.01. The zero-order chi connectivity index (χ0) is 16.2. The molecule has 1 N–H and O–H groups in total. The number of halogens is 1. The SMILES string of the molecule is Cn1c(CC(=O)N/N=C/c2ccc(Cl)cc2)nc2ccccc21. The summed E-state index contributed by atoms with van der Waals surface area (Å²) >= 11 is 5.81. The Hall–Kier alpha value is -2.66. The highest BCUT2D eigenvalue weighted by Gasteiger charge is 2.10. The maximum absolute atomic E-state index is 12.0. The lowest BCUT2D eigenvalue weighted by Crippen LogP contribution is -2.21. The number of nitrogens with one attached hydrogen (secondary N) is 1. The number of rotatable bonds is 4. The van der Waals surface area contributed by atoms with Crippen LogP contribution in [0, 0.1) is 0 Å². The molecule has 0 radical (unpaired) electrons. The molecule has 0 saturated heterocycles. The van der Waals surface area contributed by atoms with Gasteiger partial charge in [-0.3, -0.25) is 4.79 Å². The van der Waals surface area contributed by atoms with E-state index in [4.69, 9.17) is 11.6 Å². The summed E-state index contributed by atoms with van der Waals surface area (Å²) < 4.78 is 1.91. The van der Waals surface area contributed by atoms with Gasteiger partial charge in [-0.2, -0.15) is 5.10 Å². The molecule has 1 aromatic heterocycles. The van der Waals surface area contributed by atoms with Gasteiger partial charge in [-0.1, -0.05) is 35.9 Å². The van der Waals surface area contributed by atoms with Crippen LogP contribution in [0.5, 0.6) is 0 Å². The fourth-order valence-electron chi connectivity index (χ4n) is 2.26. The summed E-state index contributed by atoms with van der Waals surface area (Å²) in [7, 11) is 1.90. The first kappa shape index (κ1) is 15.2. The first-order valence-corrected chi connectivity index (χ1v) is 7.49. The highest BCUT2D eigenvalue weighted by Crippen LogP contribution is 2.14. The predicted octanol–water partition coefficient (Wildman–Crippen LogP) is 2.92. The molecule has 3 rings (SSSR count). The number of carbonyl (C=O) groups is 1. The van der Waals surface area contributed by atoms with Crippen molar-refractivity contribution in [2.24, 2.45) is 12.1 Å². The van der Waals surface area contributed by atoms with Crippen LogP contribution in [-0.4, -0.2) is 21.7 Å². The van der Waals surface area contributed by atoms with Crippen molar-refractivity contribution in [2.75, 3.05) is 0 Å². The average Bonchev–Trinajstić information content (AvgIpc) is 2.86. The Balaban J connectivity index is 1.64. The number of hydrogen-bond donors (Lipinski definition) is 1. The summed E-state index contributed by atoms with van der Waals surface area (Å²) in [5, 5.41) is 4.61. The van der Waals surface area contributed by atoms with Crippen molar-refractivity contribution in [3.8, 4) is 0 Å². The fourth-order valence-corrected chi connectivity index (χ4v) is 2.39. The number of aromatic nitrogens is 2. The summed E-state index contributed by atoms with van der Waals surface area (Å²) in [4.78, 5) is 16.5. The normalized spacial score (nSPS) is 11.2. The molecule has 0 saturated carbocycles. The number of nitrogens with zero attached hydrogens (tertiary/aromatic N) is 3. The van der Waals surface area contributed by atoms with Gasteiger partial charge in [0, 0.05) is 12.1 Å². The van der Waals surface area contributed by atoms with E-state index in [-0.39, 0.29) is 12.3 Å². The van der Waals surface area contributed by atoms with Crippen molar-refractivity contribution in [1.29, 1.82) is 0 Å². The molecule has 3 aromatic rings. The zero-order valence-corrected chi connectivity index (χ0v) is 13.3. The van der Waals surface area contributed by atoms with Crippen LogP contribution in [0.15, 0.2) is 53.6 Å². The molecule has 1 amide bonds. The fraction of sp³-hybridized carbons (Fsp3) is 0.118. The molecule has 0 bridgehead atoms. The van der Waals surface area contributed by atoms with E-state index in [0.717, 1.165) is 16.6 Å². The van der Waals surface area contributed by atoms with Crippen LogP contribution in [0.1, 0.15) is 11.4 Å². The van der Waals surface area contributed by atoms with Crippen LogP contribution in [0.3, 0.4) is 0 Å². The number of fused-ring (bicyclic) bond motifs is 1. The van der Waals surface area contributed by atoms with Gasteiger partial charge in [-0.25, -0.2) is 10.4 Å². The molecule has 6 heteroatoms. The van der Waals surface area contributed by atoms with Crippen LogP contribution in [0.25, 0.3) is 11.0 Å². The van der Waals surface area contributed by atoms with Gasteiger partial charge in [0.1, 0.15) is 5.82 Å². The van der Waals surface area contributed by atoms with Gasteiger partial charge in [0.15, 0.2) is 0 Å². The van der Waals surface area contributed by atoms with E-state index in [2.05, 4.69) is 15.5 Å². The molecule has 0 unspecified atom stereocenters. The predicted molar refractivity (Wildman–Crippen MR) is 91.6 cm³/mol. The molecule has 0 aliphatic heterocycles. The van der Waals surface area contributed by atoms with Gasteiger partial charge in [0.25, 0.3) is 0 Å². The average molecular weight is 327 g/mol. The second kappa shape index (κ2) is 6.62. The van der Waals surface area contributed by atoms with Gasteiger partial charge in [-0.05, 0) is 29.8 Å². The van der Waals surface area contributed by atoms with E-state index in [0.29, 0.717) is 10.8 Å². The topological polar surface area (TPSA) is 59.3 Å². The maximum atomic E-state index is 12.0. The van der Waals surface area contributed by atoms with E-state index in [1.54, 1.807) is 18.3 Å². The summed E-state index contributed by atoms with van der Waals surface area (Å²) in [5.74, 6) is 0.485. The number of para-hydroxylation sites is 2. The molecule has 2 aromatic carbocycles. The molecule has 5 nitrogen and oxygen atoms in total. The molecule has 0 aliphatic rings. The first-order valence-electron chi connectivity index (χ1n) is 7.11. The van der Waals surface area contributed by atoms with Gasteiger partial charge >= 0.3 is 0 Å². The smallest absolute Gasteiger partial charge is 0.247 e. The monoisotopic (exact) mass is 326 g/mol. The summed E-state index contributed by atoms with van der Waals surface area (Å²) in [6, 6.07) is 15.0. The van der Waals surface area contributed by atoms with Crippen LogP contribution < -0.4 is 5.43 Å². The Morgan fingerprint density at radius 3 is 2.74 bits per heavy atom. The van der Waals surface area contributed by atoms with E-state index in [1.165, 1.54) is 0 Å². The zero-order valence-electron chi connectivity index (χ0n) is 12.5. The Morgan fingerprint density at radius 2 is 2.00 bits per heavy atom. The Bertz CT molecular complexity index is 868. The molecule has 116 valence electrons. The molecular formula is C17H15ClN4O. The lowest BCUT2D eigenvalue weighted by molar-refractivity contribution is -0.120. The Morgan fingerprint density at radius 1 is 1.26 bits per heavy atom. The molecule has 0 fully saturated rings. The Kier molecular flexibility index (Phi) is 4.39. The third kappa shape index (κ3) is 3.57.